The molecule has 7 nitrogen and oxygen atoms in total. The Morgan fingerprint density at radius 2 is 1.73 bits per heavy atom. The highest BCUT2D eigenvalue weighted by Gasteiger charge is 2.45. The Morgan fingerprint density at radius 1 is 1.00 bits per heavy atom. The largest absolute Gasteiger partial charge is 0.357 e. The van der Waals surface area contributed by atoms with Crippen molar-refractivity contribution < 1.29 is 13.2 Å². The summed E-state index contributed by atoms with van der Waals surface area (Å²) in [4.78, 5) is 12.4. The van der Waals surface area contributed by atoms with E-state index in [2.05, 4.69) is 20.8 Å². The molecule has 2 N–H and O–H groups in total. The summed E-state index contributed by atoms with van der Waals surface area (Å²) in [5, 5.41) is 13.7. The van der Waals surface area contributed by atoms with E-state index in [1.165, 1.54) is 19.3 Å². The lowest BCUT2D eigenvalue weighted by atomic mass is 9.79. The first-order chi connectivity index (χ1) is 12.5. The van der Waals surface area contributed by atoms with Gasteiger partial charge >= 0.3 is 0 Å². The molecule has 26 heavy (non-hydrogen) atoms. The third-order valence-electron chi connectivity index (χ3n) is 6.00. The minimum atomic E-state index is -3.79. The second kappa shape index (κ2) is 7.42. The molecule has 0 radical (unpaired) electrons. The van der Waals surface area contributed by atoms with Crippen LogP contribution in [-0.4, -0.2) is 41.9 Å². The third kappa shape index (κ3) is 3.60. The van der Waals surface area contributed by atoms with Crippen LogP contribution in [0.1, 0.15) is 64.2 Å². The summed E-state index contributed by atoms with van der Waals surface area (Å²) in [6.07, 6.45) is 10.4. The van der Waals surface area contributed by atoms with Crippen LogP contribution in [-0.2, 0) is 14.6 Å². The normalized spacial score (nSPS) is 30.5. The van der Waals surface area contributed by atoms with Gasteiger partial charge < -0.3 is 10.6 Å². The number of aromatic nitrogens is 2. The predicted octanol–water partition coefficient (Wildman–Crippen LogP) is 2.50. The molecule has 3 atom stereocenters. The van der Waals surface area contributed by atoms with Gasteiger partial charge in [-0.05, 0) is 38.0 Å². The van der Waals surface area contributed by atoms with Gasteiger partial charge in [0.05, 0.1) is 0 Å². The van der Waals surface area contributed by atoms with Gasteiger partial charge in [-0.15, -0.1) is 10.2 Å². The summed E-state index contributed by atoms with van der Waals surface area (Å²) < 4.78 is 26.0. The van der Waals surface area contributed by atoms with Crippen LogP contribution in [0.4, 0.5) is 5.13 Å². The van der Waals surface area contributed by atoms with Gasteiger partial charge in [0.1, 0.15) is 5.25 Å². The van der Waals surface area contributed by atoms with Crippen LogP contribution >= 0.6 is 11.3 Å². The van der Waals surface area contributed by atoms with Crippen LogP contribution in [0.2, 0.25) is 0 Å². The molecule has 3 aliphatic rings. The van der Waals surface area contributed by atoms with Crippen molar-refractivity contribution >= 4 is 32.2 Å². The number of nitrogens with zero attached hydrogens (tertiary/aromatic N) is 2. The Morgan fingerprint density at radius 3 is 2.54 bits per heavy atom. The highest BCUT2D eigenvalue weighted by molar-refractivity contribution is 7.94. The van der Waals surface area contributed by atoms with E-state index in [-0.39, 0.29) is 22.2 Å². The number of nitrogens with one attached hydrogen (secondary N) is 2. The van der Waals surface area contributed by atoms with Crippen molar-refractivity contribution in [3.8, 4) is 0 Å². The smallest absolute Gasteiger partial charge is 0.239 e. The molecule has 2 aliphatic carbocycles. The van der Waals surface area contributed by atoms with Crippen molar-refractivity contribution in [1.82, 2.24) is 15.5 Å². The minimum absolute atomic E-state index is 0.0368. The van der Waals surface area contributed by atoms with Crippen LogP contribution in [0.25, 0.3) is 0 Å². The van der Waals surface area contributed by atoms with Gasteiger partial charge in [0, 0.05) is 12.1 Å². The summed E-state index contributed by atoms with van der Waals surface area (Å²) in [7, 11) is -3.79. The number of piperidine rings is 1. The van der Waals surface area contributed by atoms with Gasteiger partial charge in [0.15, 0.2) is 0 Å². The van der Waals surface area contributed by atoms with Crippen molar-refractivity contribution in [1.29, 1.82) is 0 Å². The van der Waals surface area contributed by atoms with Gasteiger partial charge in [-0.3, -0.25) is 4.79 Å². The van der Waals surface area contributed by atoms with Gasteiger partial charge in [-0.1, -0.05) is 43.4 Å². The van der Waals surface area contributed by atoms with Gasteiger partial charge in [0.25, 0.3) is 0 Å². The van der Waals surface area contributed by atoms with E-state index < -0.39 is 15.1 Å². The van der Waals surface area contributed by atoms with E-state index in [0.29, 0.717) is 17.6 Å². The molecule has 1 aromatic rings. The summed E-state index contributed by atoms with van der Waals surface area (Å²) in [5.74, 6) is -0.112. The number of carbonyl (C=O) groups is 1. The molecule has 9 heteroatoms. The van der Waals surface area contributed by atoms with Crippen molar-refractivity contribution in [3.63, 3.8) is 0 Å². The topological polar surface area (TPSA) is 101 Å². The maximum absolute atomic E-state index is 13.0. The van der Waals surface area contributed by atoms with Gasteiger partial charge in [-0.25, -0.2) is 8.42 Å². The summed E-state index contributed by atoms with van der Waals surface area (Å²) in [6.45, 7) is 0. The van der Waals surface area contributed by atoms with Gasteiger partial charge in [-0.2, -0.15) is 0 Å². The second-order valence-electron chi connectivity index (χ2n) is 7.78. The number of fused-ring (bicyclic) bond motifs is 1. The third-order valence-corrected chi connectivity index (χ3v) is 9.32. The standard InChI is InChI=1S/C17H26N4O3S2/c22-15-14(10-11-6-4-5-9-13(11)19-15)26(23,24)17-21-20-16(25-17)18-12-7-2-1-3-8-12/h11-14H,1-10H2,(H,18,20)(H,19,22). The first-order valence-electron chi connectivity index (χ1n) is 9.68. The molecule has 3 fully saturated rings. The van der Waals surface area contributed by atoms with Crippen LogP contribution in [0.15, 0.2) is 4.34 Å². The lowest BCUT2D eigenvalue weighted by molar-refractivity contribution is -0.124. The molecule has 2 saturated carbocycles. The molecule has 0 spiro atoms. The molecule has 1 saturated heterocycles. The van der Waals surface area contributed by atoms with E-state index in [1.54, 1.807) is 0 Å². The monoisotopic (exact) mass is 398 g/mol. The second-order valence-corrected chi connectivity index (χ2v) is 11.1. The van der Waals surface area contributed by atoms with Crippen molar-refractivity contribution in [2.45, 2.75) is 85.9 Å². The van der Waals surface area contributed by atoms with Crippen LogP contribution in [0.3, 0.4) is 0 Å². The zero-order valence-electron chi connectivity index (χ0n) is 14.8. The quantitative estimate of drug-likeness (QED) is 0.808. The zero-order chi connectivity index (χ0) is 18.1. The van der Waals surface area contributed by atoms with Crippen molar-refractivity contribution in [2.24, 2.45) is 5.92 Å². The molecule has 0 aromatic carbocycles. The van der Waals surface area contributed by atoms with Crippen molar-refractivity contribution in [3.05, 3.63) is 0 Å². The van der Waals surface area contributed by atoms with E-state index in [4.69, 9.17) is 0 Å². The van der Waals surface area contributed by atoms with E-state index in [9.17, 15) is 13.2 Å². The van der Waals surface area contributed by atoms with E-state index in [0.717, 1.165) is 49.9 Å². The number of carbonyl (C=O) groups excluding carboxylic acids is 1. The molecule has 1 aliphatic heterocycles. The summed E-state index contributed by atoms with van der Waals surface area (Å²) in [5.41, 5.74) is 0. The first kappa shape index (κ1) is 18.2. The molecule has 0 bridgehead atoms. The summed E-state index contributed by atoms with van der Waals surface area (Å²) >= 11 is 1.06. The van der Waals surface area contributed by atoms with Crippen molar-refractivity contribution in [2.75, 3.05) is 5.32 Å². The molecular formula is C17H26N4O3S2. The average molecular weight is 399 g/mol. The number of anilines is 1. The molecule has 1 aromatic heterocycles. The Balaban J connectivity index is 1.48. The lowest BCUT2D eigenvalue weighted by Crippen LogP contribution is -2.55. The number of hydrogen-bond donors (Lipinski definition) is 2. The lowest BCUT2D eigenvalue weighted by Gasteiger charge is -2.38. The van der Waals surface area contributed by atoms with Crippen LogP contribution < -0.4 is 10.6 Å². The van der Waals surface area contributed by atoms with Crippen LogP contribution in [0.5, 0.6) is 0 Å². The molecular weight excluding hydrogens is 372 g/mol. The fourth-order valence-electron chi connectivity index (χ4n) is 4.53. The maximum atomic E-state index is 13.0. The Labute approximate surface area is 158 Å². The maximum Gasteiger partial charge on any atom is 0.239 e. The number of amides is 1. The molecule has 2 heterocycles. The predicted molar refractivity (Wildman–Crippen MR) is 99.9 cm³/mol. The van der Waals surface area contributed by atoms with E-state index in [1.807, 2.05) is 0 Å². The SMILES string of the molecule is O=C1NC2CCCCC2CC1S(=O)(=O)c1nnc(NC2CCCCC2)s1. The Hall–Kier alpha value is -1.22. The van der Waals surface area contributed by atoms with Crippen LogP contribution in [0, 0.1) is 5.92 Å². The molecule has 144 valence electrons. The average Bonchev–Trinajstić information content (AvgIpc) is 3.11. The molecule has 3 unspecified atom stereocenters. The Bertz CT molecular complexity index is 758. The van der Waals surface area contributed by atoms with E-state index >= 15 is 0 Å². The molecule has 4 rings (SSSR count). The fraction of sp³-hybridized carbons (Fsp3) is 0.824. The minimum Gasteiger partial charge on any atom is -0.357 e. The number of sulfone groups is 1. The zero-order valence-corrected chi connectivity index (χ0v) is 16.4. The number of rotatable bonds is 4. The Kier molecular flexibility index (Phi) is 5.18. The highest BCUT2D eigenvalue weighted by atomic mass is 32.2. The van der Waals surface area contributed by atoms with Gasteiger partial charge in [0.2, 0.25) is 25.2 Å². The summed E-state index contributed by atoms with van der Waals surface area (Å²) in [6, 6.07) is 0.480. The first-order valence-corrected chi connectivity index (χ1v) is 12.0. The number of hydrogen-bond acceptors (Lipinski definition) is 7. The highest BCUT2D eigenvalue weighted by Crippen LogP contribution is 2.36. The fourth-order valence-corrected chi connectivity index (χ4v) is 7.38. The molecule has 1 amide bonds.